The fourth-order valence-corrected chi connectivity index (χ4v) is 1.28. The van der Waals surface area contributed by atoms with Crippen molar-refractivity contribution in [3.05, 3.63) is 0 Å². The molecule has 0 aromatic rings. The van der Waals surface area contributed by atoms with Gasteiger partial charge in [0.05, 0.1) is 0 Å². The van der Waals surface area contributed by atoms with Crippen LogP contribution in [0.3, 0.4) is 0 Å². The highest BCUT2D eigenvalue weighted by atomic mass is 127. The summed E-state index contributed by atoms with van der Waals surface area (Å²) in [5.74, 6) is 1.65. The Bertz CT molecular complexity index is 254. The first kappa shape index (κ1) is 16.5. The maximum atomic E-state index is 10.7. The molecule has 1 aliphatic rings. The number of rotatable bonds is 6. The average Bonchev–Trinajstić information content (AvgIpc) is 3.04. The molecule has 1 aliphatic carbocycles. The second-order valence-corrected chi connectivity index (χ2v) is 4.07. The maximum absolute atomic E-state index is 10.7. The molecule has 0 aliphatic heterocycles. The summed E-state index contributed by atoms with van der Waals surface area (Å²) in [4.78, 5) is 15.1. The van der Waals surface area contributed by atoms with Crippen molar-refractivity contribution in [1.29, 1.82) is 0 Å². The monoisotopic (exact) mass is 354 g/mol. The first-order valence-electron chi connectivity index (χ1n) is 5.99. The zero-order valence-electron chi connectivity index (χ0n) is 10.6. The minimum Gasteiger partial charge on any atom is -0.357 e. The molecule has 0 atom stereocenters. The molecule has 0 spiro atoms. The summed E-state index contributed by atoms with van der Waals surface area (Å²) in [6.45, 7) is 6.67. The molecule has 0 saturated heterocycles. The van der Waals surface area contributed by atoms with E-state index in [2.05, 4.69) is 20.9 Å². The highest BCUT2D eigenvalue weighted by molar-refractivity contribution is 14.0. The molecule has 0 radical (unpaired) electrons. The molecule has 17 heavy (non-hydrogen) atoms. The van der Waals surface area contributed by atoms with Crippen LogP contribution in [0.4, 0.5) is 0 Å². The molecule has 0 aromatic heterocycles. The van der Waals surface area contributed by atoms with E-state index in [1.54, 1.807) is 0 Å². The molecular weight excluding hydrogens is 331 g/mol. The second-order valence-electron chi connectivity index (χ2n) is 4.07. The van der Waals surface area contributed by atoms with E-state index in [4.69, 9.17) is 0 Å². The van der Waals surface area contributed by atoms with Crippen LogP contribution in [0.2, 0.25) is 0 Å². The van der Waals surface area contributed by atoms with Gasteiger partial charge in [-0.15, -0.1) is 24.0 Å². The fraction of sp³-hybridized carbons (Fsp3) is 0.818. The van der Waals surface area contributed by atoms with Crippen LogP contribution < -0.4 is 16.0 Å². The van der Waals surface area contributed by atoms with Crippen LogP contribution in [0.25, 0.3) is 0 Å². The predicted molar refractivity (Wildman–Crippen MR) is 80.8 cm³/mol. The highest BCUT2D eigenvalue weighted by Crippen LogP contribution is 2.28. The van der Waals surface area contributed by atoms with Crippen molar-refractivity contribution in [3.8, 4) is 0 Å². The number of halogens is 1. The highest BCUT2D eigenvalue weighted by Gasteiger charge is 2.20. The van der Waals surface area contributed by atoms with Crippen LogP contribution in [0.15, 0.2) is 4.99 Å². The number of carbonyl (C=O) groups is 1. The maximum Gasteiger partial charge on any atom is 0.216 e. The van der Waals surface area contributed by atoms with Gasteiger partial charge in [0.1, 0.15) is 0 Å². The lowest BCUT2D eigenvalue weighted by atomic mass is 10.4. The topological polar surface area (TPSA) is 65.5 Å². The Balaban J connectivity index is 0.00000256. The Kier molecular flexibility index (Phi) is 9.20. The number of carbonyl (C=O) groups excluding carboxylic acids is 1. The van der Waals surface area contributed by atoms with Gasteiger partial charge < -0.3 is 16.0 Å². The van der Waals surface area contributed by atoms with Gasteiger partial charge in [0.25, 0.3) is 0 Å². The Labute approximate surface area is 120 Å². The number of aliphatic imine (C=N–C) groups is 1. The van der Waals surface area contributed by atoms with Gasteiger partial charge in [-0.1, -0.05) is 0 Å². The number of guanidine groups is 1. The number of nitrogens with zero attached hydrogens (tertiary/aromatic N) is 1. The van der Waals surface area contributed by atoms with Gasteiger partial charge in [0, 0.05) is 33.1 Å². The van der Waals surface area contributed by atoms with Gasteiger partial charge in [-0.2, -0.15) is 0 Å². The Morgan fingerprint density at radius 2 is 1.88 bits per heavy atom. The molecule has 0 heterocycles. The molecule has 3 N–H and O–H groups in total. The van der Waals surface area contributed by atoms with E-state index in [0.717, 1.165) is 25.0 Å². The smallest absolute Gasteiger partial charge is 0.216 e. The van der Waals surface area contributed by atoms with E-state index in [-0.39, 0.29) is 29.9 Å². The molecule has 1 rings (SSSR count). The standard InChI is InChI=1S/C11H22N4O.HI/c1-3-12-11(15-8-10-4-5-10)14-7-6-13-9(2)16;/h10H,3-8H2,1-2H3,(H,13,16)(H2,12,14,15);1H. The summed E-state index contributed by atoms with van der Waals surface area (Å²) >= 11 is 0. The third-order valence-electron chi connectivity index (χ3n) is 2.34. The quantitative estimate of drug-likeness (QED) is 0.285. The summed E-state index contributed by atoms with van der Waals surface area (Å²) < 4.78 is 0. The van der Waals surface area contributed by atoms with E-state index in [0.29, 0.717) is 13.1 Å². The van der Waals surface area contributed by atoms with Gasteiger partial charge in [-0.3, -0.25) is 9.79 Å². The van der Waals surface area contributed by atoms with Crippen LogP contribution in [-0.2, 0) is 4.79 Å². The van der Waals surface area contributed by atoms with Crippen LogP contribution in [0.5, 0.6) is 0 Å². The summed E-state index contributed by atoms with van der Waals surface area (Å²) in [5, 5.41) is 9.10. The summed E-state index contributed by atoms with van der Waals surface area (Å²) in [6, 6.07) is 0. The molecule has 5 nitrogen and oxygen atoms in total. The first-order chi connectivity index (χ1) is 7.72. The van der Waals surface area contributed by atoms with Crippen molar-refractivity contribution >= 4 is 35.8 Å². The van der Waals surface area contributed by atoms with Gasteiger partial charge in [-0.05, 0) is 25.7 Å². The van der Waals surface area contributed by atoms with Crippen molar-refractivity contribution < 1.29 is 4.79 Å². The van der Waals surface area contributed by atoms with Crippen LogP contribution in [0.1, 0.15) is 26.7 Å². The largest absolute Gasteiger partial charge is 0.357 e. The van der Waals surface area contributed by atoms with E-state index in [9.17, 15) is 4.79 Å². The van der Waals surface area contributed by atoms with Gasteiger partial charge in [-0.25, -0.2) is 0 Å². The molecule has 6 heteroatoms. The SMILES string of the molecule is CCNC(=NCC1CC1)NCCNC(C)=O.I. The zero-order chi connectivity index (χ0) is 11.8. The van der Waals surface area contributed by atoms with Crippen molar-refractivity contribution in [2.45, 2.75) is 26.7 Å². The molecule has 1 amide bonds. The Morgan fingerprint density at radius 1 is 1.24 bits per heavy atom. The molecular formula is C11H23IN4O. The third-order valence-corrected chi connectivity index (χ3v) is 2.34. The van der Waals surface area contributed by atoms with E-state index in [1.807, 2.05) is 6.92 Å². The first-order valence-corrected chi connectivity index (χ1v) is 5.99. The third kappa shape index (κ3) is 9.20. The van der Waals surface area contributed by atoms with Gasteiger partial charge >= 0.3 is 0 Å². The number of nitrogens with one attached hydrogen (secondary N) is 3. The predicted octanol–water partition coefficient (Wildman–Crippen LogP) is 0.706. The lowest BCUT2D eigenvalue weighted by molar-refractivity contribution is -0.118. The lowest BCUT2D eigenvalue weighted by Crippen LogP contribution is -2.41. The molecule has 0 unspecified atom stereocenters. The fourth-order valence-electron chi connectivity index (χ4n) is 1.28. The normalized spacial score (nSPS) is 14.8. The lowest BCUT2D eigenvalue weighted by Gasteiger charge is -2.11. The molecule has 0 aromatic carbocycles. The molecule has 1 saturated carbocycles. The van der Waals surface area contributed by atoms with Crippen LogP contribution in [0, 0.1) is 5.92 Å². The van der Waals surface area contributed by atoms with Crippen molar-refractivity contribution in [2.24, 2.45) is 10.9 Å². The number of hydrogen-bond donors (Lipinski definition) is 3. The molecule has 100 valence electrons. The molecule has 1 fully saturated rings. The Morgan fingerprint density at radius 3 is 2.41 bits per heavy atom. The van der Waals surface area contributed by atoms with Crippen molar-refractivity contribution in [3.63, 3.8) is 0 Å². The van der Waals surface area contributed by atoms with Gasteiger partial charge in [0.2, 0.25) is 5.91 Å². The minimum atomic E-state index is 0. The Hall–Kier alpha value is -0.530. The van der Waals surface area contributed by atoms with E-state index < -0.39 is 0 Å². The van der Waals surface area contributed by atoms with E-state index in [1.165, 1.54) is 19.8 Å². The summed E-state index contributed by atoms with van der Waals surface area (Å²) in [6.07, 6.45) is 2.63. The summed E-state index contributed by atoms with van der Waals surface area (Å²) in [7, 11) is 0. The van der Waals surface area contributed by atoms with Gasteiger partial charge in [0.15, 0.2) is 5.96 Å². The van der Waals surface area contributed by atoms with Crippen molar-refractivity contribution in [2.75, 3.05) is 26.2 Å². The average molecular weight is 354 g/mol. The van der Waals surface area contributed by atoms with Crippen molar-refractivity contribution in [1.82, 2.24) is 16.0 Å². The van der Waals surface area contributed by atoms with Crippen LogP contribution >= 0.6 is 24.0 Å². The molecule has 0 bridgehead atoms. The van der Waals surface area contributed by atoms with Crippen LogP contribution in [-0.4, -0.2) is 38.0 Å². The number of amides is 1. The zero-order valence-corrected chi connectivity index (χ0v) is 12.9. The minimum absolute atomic E-state index is 0. The number of hydrogen-bond acceptors (Lipinski definition) is 2. The summed E-state index contributed by atoms with van der Waals surface area (Å²) in [5.41, 5.74) is 0. The van der Waals surface area contributed by atoms with E-state index >= 15 is 0 Å². The second kappa shape index (κ2) is 9.49.